The minimum atomic E-state index is -0.524. The van der Waals surface area contributed by atoms with Gasteiger partial charge in [-0.15, -0.1) is 0 Å². The van der Waals surface area contributed by atoms with E-state index in [-0.39, 0.29) is 17.3 Å². The summed E-state index contributed by atoms with van der Waals surface area (Å²) < 4.78 is 6.97. The van der Waals surface area contributed by atoms with Crippen LogP contribution in [0.2, 0.25) is 5.02 Å². The first-order chi connectivity index (χ1) is 17.0. The molecule has 0 spiro atoms. The summed E-state index contributed by atoms with van der Waals surface area (Å²) in [6, 6.07) is 19.9. The van der Waals surface area contributed by atoms with Gasteiger partial charge >= 0.3 is 0 Å². The summed E-state index contributed by atoms with van der Waals surface area (Å²) in [5, 5.41) is 16.3. The second kappa shape index (κ2) is 9.19. The zero-order valence-electron chi connectivity index (χ0n) is 18.6. The average molecular weight is 490 g/mol. The van der Waals surface area contributed by atoms with Crippen LogP contribution in [0.4, 0.5) is 11.6 Å². The number of ether oxygens (including phenoxy) is 1. The van der Waals surface area contributed by atoms with Crippen molar-refractivity contribution in [3.63, 3.8) is 0 Å². The molecule has 5 rings (SSSR count). The number of nitrogens with zero attached hydrogens (tertiary/aromatic N) is 5. The lowest BCUT2D eigenvalue weighted by Crippen LogP contribution is -2.42. The number of rotatable bonds is 5. The number of methoxy groups -OCH3 is 1. The molecule has 1 aliphatic heterocycles. The molecule has 176 valence electrons. The fraction of sp³-hybridized carbons (Fsp3) is 0.160. The van der Waals surface area contributed by atoms with Gasteiger partial charge in [0.2, 0.25) is 5.95 Å². The molecule has 1 aromatic heterocycles. The highest BCUT2D eigenvalue weighted by atomic mass is 35.5. The maximum absolute atomic E-state index is 13.8. The number of fused-ring (bicyclic) bond motifs is 1. The summed E-state index contributed by atoms with van der Waals surface area (Å²) in [6.07, 6.45) is 1.86. The van der Waals surface area contributed by atoms with Crippen LogP contribution in [0.5, 0.6) is 5.75 Å². The van der Waals surface area contributed by atoms with Crippen molar-refractivity contribution in [1.82, 2.24) is 14.8 Å². The Morgan fingerprint density at radius 3 is 2.57 bits per heavy atom. The highest BCUT2D eigenvalue weighted by molar-refractivity contribution is 6.31. The van der Waals surface area contributed by atoms with Crippen LogP contribution in [-0.4, -0.2) is 32.7 Å². The van der Waals surface area contributed by atoms with Crippen LogP contribution in [0.3, 0.4) is 0 Å². The summed E-state index contributed by atoms with van der Waals surface area (Å²) in [4.78, 5) is 30.6. The minimum absolute atomic E-state index is 0.163. The van der Waals surface area contributed by atoms with Crippen LogP contribution in [0.15, 0.2) is 79.1 Å². The third kappa shape index (κ3) is 4.10. The molecule has 0 fully saturated rings. The van der Waals surface area contributed by atoms with Crippen molar-refractivity contribution in [3.05, 3.63) is 111 Å². The van der Waals surface area contributed by atoms with E-state index in [9.17, 15) is 14.9 Å². The number of nitro groups is 1. The van der Waals surface area contributed by atoms with Gasteiger partial charge in [-0.2, -0.15) is 10.1 Å². The summed E-state index contributed by atoms with van der Waals surface area (Å²) >= 11 is 6.54. The largest absolute Gasteiger partial charge is 0.497 e. The Morgan fingerprint density at radius 2 is 1.86 bits per heavy atom. The van der Waals surface area contributed by atoms with Gasteiger partial charge in [0.1, 0.15) is 12.1 Å². The Kier molecular flexibility index (Phi) is 5.92. The normalized spacial score (nSPS) is 17.0. The fourth-order valence-electron chi connectivity index (χ4n) is 4.43. The Balaban J connectivity index is 1.65. The number of anilines is 1. The number of hydrogen-bond acceptors (Lipinski definition) is 6. The molecule has 0 saturated heterocycles. The zero-order chi connectivity index (χ0) is 24.5. The molecule has 0 unspecified atom stereocenters. The molecule has 1 aliphatic rings. The van der Waals surface area contributed by atoms with Gasteiger partial charge < -0.3 is 4.74 Å². The Labute approximate surface area is 205 Å². The topological polar surface area (TPSA) is 103 Å². The molecule has 1 amide bonds. The predicted molar refractivity (Wildman–Crippen MR) is 130 cm³/mol. The van der Waals surface area contributed by atoms with E-state index < -0.39 is 16.9 Å². The van der Waals surface area contributed by atoms with Gasteiger partial charge in [-0.1, -0.05) is 48.0 Å². The summed E-state index contributed by atoms with van der Waals surface area (Å²) in [6.45, 7) is 0. The van der Waals surface area contributed by atoms with Gasteiger partial charge in [-0.25, -0.2) is 4.68 Å². The Bertz CT molecular complexity index is 1410. The van der Waals surface area contributed by atoms with Crippen LogP contribution in [0.1, 0.15) is 40.0 Å². The van der Waals surface area contributed by atoms with Gasteiger partial charge in [-0.3, -0.25) is 19.8 Å². The van der Waals surface area contributed by atoms with E-state index in [1.165, 1.54) is 24.5 Å². The standard InChI is InChI=1S/C25H20ClN5O4/c1-35-19-11-9-16(10-12-19)22-14-23(20-7-2-3-8-21(20)26)30-25(27-15-28-30)29(22)24(32)17-5-4-6-18(13-17)31(33)34/h2-13,15,22-23H,14H2,1H3/t22-,23+/m0/s1. The molecular weight excluding hydrogens is 470 g/mol. The van der Waals surface area contributed by atoms with Crippen LogP contribution < -0.4 is 9.64 Å². The molecule has 0 bridgehead atoms. The third-order valence-corrected chi connectivity index (χ3v) is 6.45. The van der Waals surface area contributed by atoms with Crippen molar-refractivity contribution >= 4 is 29.1 Å². The molecule has 35 heavy (non-hydrogen) atoms. The van der Waals surface area contributed by atoms with Crippen LogP contribution in [0, 0.1) is 10.1 Å². The van der Waals surface area contributed by atoms with Crippen molar-refractivity contribution in [3.8, 4) is 5.75 Å². The number of carbonyl (C=O) groups is 1. The molecule has 0 aliphatic carbocycles. The number of aromatic nitrogens is 3. The second-order valence-electron chi connectivity index (χ2n) is 8.05. The van der Waals surface area contributed by atoms with Gasteiger partial charge in [0.15, 0.2) is 0 Å². The fourth-order valence-corrected chi connectivity index (χ4v) is 4.69. The lowest BCUT2D eigenvalue weighted by Gasteiger charge is -2.39. The maximum Gasteiger partial charge on any atom is 0.270 e. The van der Waals surface area contributed by atoms with E-state index in [1.54, 1.807) is 22.8 Å². The highest BCUT2D eigenvalue weighted by Crippen LogP contribution is 2.44. The lowest BCUT2D eigenvalue weighted by molar-refractivity contribution is -0.384. The SMILES string of the molecule is COc1ccc([C@@H]2C[C@H](c3ccccc3Cl)n3ncnc3N2C(=O)c2cccc([N+](=O)[O-])c2)cc1. The van der Waals surface area contributed by atoms with Gasteiger partial charge in [0.05, 0.1) is 24.1 Å². The number of non-ortho nitro benzene ring substituents is 1. The van der Waals surface area contributed by atoms with Crippen molar-refractivity contribution in [2.75, 3.05) is 12.0 Å². The molecule has 0 saturated carbocycles. The molecule has 0 N–H and O–H groups in total. The monoisotopic (exact) mass is 489 g/mol. The number of halogens is 1. The molecule has 0 radical (unpaired) electrons. The molecule has 9 nitrogen and oxygen atoms in total. The van der Waals surface area contributed by atoms with Crippen molar-refractivity contribution < 1.29 is 14.5 Å². The first-order valence-corrected chi connectivity index (χ1v) is 11.2. The number of nitro benzene ring substituents is 1. The van der Waals surface area contributed by atoms with Gasteiger partial charge in [0.25, 0.3) is 11.6 Å². The number of hydrogen-bond donors (Lipinski definition) is 0. The van der Waals surface area contributed by atoms with E-state index in [0.717, 1.165) is 11.1 Å². The molecule has 2 atom stereocenters. The van der Waals surface area contributed by atoms with E-state index >= 15 is 0 Å². The first kappa shape index (κ1) is 22.5. The van der Waals surface area contributed by atoms with Crippen molar-refractivity contribution in [1.29, 1.82) is 0 Å². The molecule has 2 heterocycles. The molecular formula is C25H20ClN5O4. The first-order valence-electron chi connectivity index (χ1n) is 10.8. The van der Waals surface area contributed by atoms with E-state index in [4.69, 9.17) is 16.3 Å². The van der Waals surface area contributed by atoms with Crippen LogP contribution >= 0.6 is 11.6 Å². The predicted octanol–water partition coefficient (Wildman–Crippen LogP) is 5.23. The lowest BCUT2D eigenvalue weighted by atomic mass is 9.91. The van der Waals surface area contributed by atoms with Crippen molar-refractivity contribution in [2.24, 2.45) is 0 Å². The maximum atomic E-state index is 13.8. The number of carbonyl (C=O) groups excluding carboxylic acids is 1. The van der Waals surface area contributed by atoms with E-state index in [0.29, 0.717) is 23.1 Å². The smallest absolute Gasteiger partial charge is 0.270 e. The van der Waals surface area contributed by atoms with Crippen LogP contribution in [-0.2, 0) is 0 Å². The average Bonchev–Trinajstić information content (AvgIpc) is 3.38. The molecule has 4 aromatic rings. The van der Waals surface area contributed by atoms with Gasteiger partial charge in [0, 0.05) is 22.7 Å². The van der Waals surface area contributed by atoms with Crippen LogP contribution in [0.25, 0.3) is 0 Å². The second-order valence-corrected chi connectivity index (χ2v) is 8.46. The molecule has 3 aromatic carbocycles. The quantitative estimate of drug-likeness (QED) is 0.281. The van der Waals surface area contributed by atoms with Crippen molar-refractivity contribution in [2.45, 2.75) is 18.5 Å². The van der Waals surface area contributed by atoms with Gasteiger partial charge in [-0.05, 0) is 41.8 Å². The Hall–Kier alpha value is -4.24. The minimum Gasteiger partial charge on any atom is -0.497 e. The summed E-state index contributed by atoms with van der Waals surface area (Å²) in [7, 11) is 1.59. The zero-order valence-corrected chi connectivity index (χ0v) is 19.4. The number of benzene rings is 3. The van der Waals surface area contributed by atoms with E-state index in [1.807, 2.05) is 48.5 Å². The van der Waals surface area contributed by atoms with E-state index in [2.05, 4.69) is 10.1 Å². The number of amides is 1. The summed E-state index contributed by atoms with van der Waals surface area (Å²) in [5.41, 5.74) is 1.74. The summed E-state index contributed by atoms with van der Waals surface area (Å²) in [5.74, 6) is 0.604. The molecule has 10 heteroatoms. The Morgan fingerprint density at radius 1 is 1.09 bits per heavy atom. The third-order valence-electron chi connectivity index (χ3n) is 6.11. The highest BCUT2D eigenvalue weighted by Gasteiger charge is 2.40.